The summed E-state index contributed by atoms with van der Waals surface area (Å²) in [4.78, 5) is 11.0. The molecule has 84 valence electrons. The molecule has 0 aliphatic rings. The molecule has 0 bridgehead atoms. The predicted octanol–water partition coefficient (Wildman–Crippen LogP) is 1.63. The summed E-state index contributed by atoms with van der Waals surface area (Å²) in [6.45, 7) is 4.42. The highest BCUT2D eigenvalue weighted by Gasteiger charge is 1.97. The summed E-state index contributed by atoms with van der Waals surface area (Å²) in [5.74, 6) is 0.687. The van der Waals surface area contributed by atoms with Gasteiger partial charge in [0, 0.05) is 26.2 Å². The van der Waals surface area contributed by atoms with E-state index < -0.39 is 0 Å². The van der Waals surface area contributed by atoms with E-state index in [1.165, 1.54) is 6.42 Å². The fourth-order valence-electron chi connectivity index (χ4n) is 0.940. The van der Waals surface area contributed by atoms with Gasteiger partial charge in [-0.1, -0.05) is 13.3 Å². The zero-order valence-corrected chi connectivity index (χ0v) is 9.81. The average molecular weight is 219 g/mol. The van der Waals surface area contributed by atoms with Gasteiger partial charge in [0.1, 0.15) is 0 Å². The van der Waals surface area contributed by atoms with Crippen molar-refractivity contribution in [2.45, 2.75) is 32.6 Å². The molecule has 0 saturated carbocycles. The zero-order valence-electron chi connectivity index (χ0n) is 8.92. The molecule has 4 heteroatoms. The minimum Gasteiger partial charge on any atom is -0.381 e. The van der Waals surface area contributed by atoms with Gasteiger partial charge in [-0.15, -0.1) is 0 Å². The van der Waals surface area contributed by atoms with E-state index in [9.17, 15) is 4.79 Å². The first-order valence-corrected chi connectivity index (χ1v) is 5.89. The van der Waals surface area contributed by atoms with E-state index in [0.717, 1.165) is 26.1 Å². The van der Waals surface area contributed by atoms with Gasteiger partial charge in [-0.3, -0.25) is 4.79 Å². The lowest BCUT2D eigenvalue weighted by Gasteiger charge is -2.04. The molecule has 0 radical (unpaired) electrons. The molecule has 0 spiro atoms. The number of carbonyl (C=O) groups excluding carboxylic acids is 1. The molecule has 1 amide bonds. The summed E-state index contributed by atoms with van der Waals surface area (Å²) in [5.41, 5.74) is 0. The Morgan fingerprint density at radius 3 is 2.71 bits per heavy atom. The van der Waals surface area contributed by atoms with Crippen molar-refractivity contribution in [2.24, 2.45) is 0 Å². The third-order valence-electron chi connectivity index (χ3n) is 1.77. The largest absolute Gasteiger partial charge is 0.381 e. The summed E-state index contributed by atoms with van der Waals surface area (Å²) >= 11 is 3.98. The minimum atomic E-state index is 0.0774. The lowest BCUT2D eigenvalue weighted by Crippen LogP contribution is -2.25. The van der Waals surface area contributed by atoms with Gasteiger partial charge in [-0.05, 0) is 18.6 Å². The van der Waals surface area contributed by atoms with Crippen LogP contribution in [0.4, 0.5) is 0 Å². The Bertz CT molecular complexity index is 142. The van der Waals surface area contributed by atoms with Crippen LogP contribution in [0.5, 0.6) is 0 Å². The fourth-order valence-corrected chi connectivity index (χ4v) is 1.14. The van der Waals surface area contributed by atoms with Crippen molar-refractivity contribution in [3.05, 3.63) is 0 Å². The summed E-state index contributed by atoms with van der Waals surface area (Å²) in [6, 6.07) is 0. The topological polar surface area (TPSA) is 38.3 Å². The summed E-state index contributed by atoms with van der Waals surface area (Å²) < 4.78 is 5.35. The molecule has 0 saturated heterocycles. The van der Waals surface area contributed by atoms with Gasteiger partial charge in [-0.2, -0.15) is 12.6 Å². The number of nitrogens with one attached hydrogen (secondary N) is 1. The molecule has 3 nitrogen and oxygen atoms in total. The van der Waals surface area contributed by atoms with Crippen molar-refractivity contribution in [1.82, 2.24) is 5.32 Å². The number of rotatable bonds is 9. The molecule has 0 aromatic carbocycles. The van der Waals surface area contributed by atoms with E-state index in [4.69, 9.17) is 4.74 Å². The molecule has 0 aromatic rings. The van der Waals surface area contributed by atoms with Gasteiger partial charge in [0.05, 0.1) is 0 Å². The molecular weight excluding hydrogens is 198 g/mol. The van der Waals surface area contributed by atoms with E-state index in [-0.39, 0.29) is 5.91 Å². The lowest BCUT2D eigenvalue weighted by molar-refractivity contribution is -0.120. The zero-order chi connectivity index (χ0) is 10.6. The molecular formula is C10H21NO2S. The van der Waals surface area contributed by atoms with Gasteiger partial charge in [0.15, 0.2) is 0 Å². The van der Waals surface area contributed by atoms with E-state index in [0.29, 0.717) is 18.7 Å². The predicted molar refractivity (Wildman–Crippen MR) is 61.8 cm³/mol. The van der Waals surface area contributed by atoms with E-state index in [1.807, 2.05) is 0 Å². The third kappa shape index (κ3) is 9.86. The van der Waals surface area contributed by atoms with Crippen LogP contribution in [0, 0.1) is 0 Å². The summed E-state index contributed by atoms with van der Waals surface area (Å²) in [5, 5.41) is 2.81. The monoisotopic (exact) mass is 219 g/mol. The number of hydrogen-bond acceptors (Lipinski definition) is 3. The van der Waals surface area contributed by atoms with Crippen LogP contribution in [0.1, 0.15) is 32.6 Å². The molecule has 0 aliphatic heterocycles. The Labute approximate surface area is 92.0 Å². The van der Waals surface area contributed by atoms with Gasteiger partial charge >= 0.3 is 0 Å². The van der Waals surface area contributed by atoms with Crippen molar-refractivity contribution in [2.75, 3.05) is 25.5 Å². The van der Waals surface area contributed by atoms with Gasteiger partial charge < -0.3 is 10.1 Å². The van der Waals surface area contributed by atoms with Gasteiger partial charge in [0.25, 0.3) is 0 Å². The van der Waals surface area contributed by atoms with Crippen molar-refractivity contribution in [3.8, 4) is 0 Å². The molecule has 0 unspecified atom stereocenters. The maximum atomic E-state index is 11.0. The molecule has 0 atom stereocenters. The highest BCUT2D eigenvalue weighted by molar-refractivity contribution is 7.80. The van der Waals surface area contributed by atoms with Crippen LogP contribution in [-0.4, -0.2) is 31.4 Å². The first-order chi connectivity index (χ1) is 6.81. The molecule has 14 heavy (non-hydrogen) atoms. The van der Waals surface area contributed by atoms with E-state index in [1.54, 1.807) is 0 Å². The average Bonchev–Trinajstić information content (AvgIpc) is 2.17. The van der Waals surface area contributed by atoms with Crippen LogP contribution in [-0.2, 0) is 9.53 Å². The quantitative estimate of drug-likeness (QED) is 0.457. The second-order valence-corrected chi connectivity index (χ2v) is 3.59. The van der Waals surface area contributed by atoms with Gasteiger partial charge in [0.2, 0.25) is 5.91 Å². The Hall–Kier alpha value is -0.220. The third-order valence-corrected chi connectivity index (χ3v) is 1.99. The Balaban J connectivity index is 3.01. The fraction of sp³-hybridized carbons (Fsp3) is 0.900. The molecule has 0 aromatic heterocycles. The molecule has 1 N–H and O–H groups in total. The van der Waals surface area contributed by atoms with E-state index in [2.05, 4.69) is 24.9 Å². The molecule has 0 aliphatic carbocycles. The number of unbranched alkanes of at least 4 members (excludes halogenated alkanes) is 1. The van der Waals surface area contributed by atoms with Crippen molar-refractivity contribution < 1.29 is 9.53 Å². The Kier molecular flexibility index (Phi) is 10.7. The van der Waals surface area contributed by atoms with Crippen LogP contribution in [0.3, 0.4) is 0 Å². The van der Waals surface area contributed by atoms with Crippen LogP contribution in [0.2, 0.25) is 0 Å². The SMILES string of the molecule is CCCCOCCCNC(=O)CCS. The smallest absolute Gasteiger partial charge is 0.220 e. The van der Waals surface area contributed by atoms with Crippen LogP contribution >= 0.6 is 12.6 Å². The molecule has 0 heterocycles. The van der Waals surface area contributed by atoms with Crippen molar-refractivity contribution in [3.63, 3.8) is 0 Å². The number of amides is 1. The first kappa shape index (κ1) is 13.8. The first-order valence-electron chi connectivity index (χ1n) is 5.26. The Morgan fingerprint density at radius 2 is 2.07 bits per heavy atom. The summed E-state index contributed by atoms with van der Waals surface area (Å²) in [6.07, 6.45) is 3.67. The van der Waals surface area contributed by atoms with Gasteiger partial charge in [-0.25, -0.2) is 0 Å². The maximum absolute atomic E-state index is 11.0. The van der Waals surface area contributed by atoms with Crippen molar-refractivity contribution in [1.29, 1.82) is 0 Å². The Morgan fingerprint density at radius 1 is 1.36 bits per heavy atom. The number of ether oxygens (including phenoxy) is 1. The normalized spacial score (nSPS) is 10.1. The highest BCUT2D eigenvalue weighted by Crippen LogP contribution is 1.89. The maximum Gasteiger partial charge on any atom is 0.220 e. The standard InChI is InChI=1S/C10H21NO2S/c1-2-3-7-13-8-4-6-11-10(12)5-9-14/h14H,2-9H2,1H3,(H,11,12). The second kappa shape index (κ2) is 10.9. The molecule has 0 fully saturated rings. The summed E-state index contributed by atoms with van der Waals surface area (Å²) in [7, 11) is 0. The lowest BCUT2D eigenvalue weighted by atomic mass is 10.3. The van der Waals surface area contributed by atoms with E-state index >= 15 is 0 Å². The van der Waals surface area contributed by atoms with Crippen molar-refractivity contribution >= 4 is 18.5 Å². The number of hydrogen-bond donors (Lipinski definition) is 2. The van der Waals surface area contributed by atoms with Crippen LogP contribution < -0.4 is 5.32 Å². The van der Waals surface area contributed by atoms with Crippen LogP contribution in [0.25, 0.3) is 0 Å². The second-order valence-electron chi connectivity index (χ2n) is 3.14. The molecule has 0 rings (SSSR count). The van der Waals surface area contributed by atoms with Crippen LogP contribution in [0.15, 0.2) is 0 Å². The highest BCUT2D eigenvalue weighted by atomic mass is 32.1. The number of carbonyl (C=O) groups is 1. The number of thiol groups is 1. The minimum absolute atomic E-state index is 0.0774.